The van der Waals surface area contributed by atoms with E-state index in [1.54, 1.807) is 11.0 Å². The van der Waals surface area contributed by atoms with Gasteiger partial charge in [-0.15, -0.1) is 10.2 Å². The molecule has 0 aliphatic carbocycles. The van der Waals surface area contributed by atoms with E-state index in [-0.39, 0.29) is 5.91 Å². The molecule has 0 spiro atoms. The number of hydrogen-bond donors (Lipinski definition) is 0. The fraction of sp³-hybridized carbons (Fsp3) is 0.389. The Bertz CT molecular complexity index is 726. The molecule has 4 rings (SSSR count). The predicted octanol–water partition coefficient (Wildman–Crippen LogP) is 1.51. The van der Waals surface area contributed by atoms with Crippen LogP contribution in [-0.2, 0) is 17.7 Å². The maximum atomic E-state index is 12.4. The molecule has 0 radical (unpaired) electrons. The smallest absolute Gasteiger partial charge is 0.274 e. The van der Waals surface area contributed by atoms with E-state index >= 15 is 0 Å². The normalized spacial score (nSPS) is 17.5. The van der Waals surface area contributed by atoms with Crippen molar-refractivity contribution in [3.8, 4) is 0 Å². The summed E-state index contributed by atoms with van der Waals surface area (Å²) in [5, 5.41) is 8.45. The van der Waals surface area contributed by atoms with Crippen molar-refractivity contribution in [2.45, 2.75) is 13.0 Å². The minimum Gasteiger partial charge on any atom is -0.378 e. The number of anilines is 1. The van der Waals surface area contributed by atoms with Crippen LogP contribution in [0, 0.1) is 0 Å². The highest BCUT2D eigenvalue weighted by Crippen LogP contribution is 2.22. The van der Waals surface area contributed by atoms with Crippen LogP contribution in [0.2, 0.25) is 0 Å². The van der Waals surface area contributed by atoms with Crippen LogP contribution < -0.4 is 4.90 Å². The van der Waals surface area contributed by atoms with Crippen molar-refractivity contribution in [2.24, 2.45) is 0 Å². The molecule has 0 N–H and O–H groups in total. The van der Waals surface area contributed by atoms with Gasteiger partial charge in [0.25, 0.3) is 5.91 Å². The maximum Gasteiger partial charge on any atom is 0.274 e. The third kappa shape index (κ3) is 2.97. The van der Waals surface area contributed by atoms with Crippen LogP contribution in [-0.4, -0.2) is 53.9 Å². The summed E-state index contributed by atoms with van der Waals surface area (Å²) in [7, 11) is 0. The van der Waals surface area contributed by atoms with E-state index < -0.39 is 0 Å². The first-order valence-electron chi connectivity index (χ1n) is 8.34. The van der Waals surface area contributed by atoms with Crippen LogP contribution in [0.3, 0.4) is 0 Å². The van der Waals surface area contributed by atoms with Gasteiger partial charge in [0.15, 0.2) is 11.5 Å². The summed E-state index contributed by atoms with van der Waals surface area (Å²) in [5.41, 5.74) is 3.14. The topological polar surface area (TPSA) is 58.6 Å². The molecule has 0 atom stereocenters. The molecule has 0 bridgehead atoms. The average molecular weight is 324 g/mol. The molecule has 124 valence electrons. The number of carbonyl (C=O) groups is 1. The largest absolute Gasteiger partial charge is 0.378 e. The monoisotopic (exact) mass is 324 g/mol. The summed E-state index contributed by atoms with van der Waals surface area (Å²) in [5.74, 6) is 0.754. The second kappa shape index (κ2) is 6.57. The Hall–Kier alpha value is -2.47. The van der Waals surface area contributed by atoms with E-state index in [9.17, 15) is 4.79 Å². The lowest BCUT2D eigenvalue weighted by Crippen LogP contribution is -2.41. The van der Waals surface area contributed by atoms with Crippen LogP contribution in [0.5, 0.6) is 0 Å². The van der Waals surface area contributed by atoms with Gasteiger partial charge in [0.2, 0.25) is 0 Å². The summed E-state index contributed by atoms with van der Waals surface area (Å²) in [4.78, 5) is 16.4. The van der Waals surface area contributed by atoms with Crippen molar-refractivity contribution in [1.82, 2.24) is 15.1 Å². The molecule has 3 heterocycles. The molecule has 6 nitrogen and oxygen atoms in total. The molecule has 2 aliphatic heterocycles. The Morgan fingerprint density at radius 3 is 2.50 bits per heavy atom. The summed E-state index contributed by atoms with van der Waals surface area (Å²) in [6.07, 6.45) is 1.01. The van der Waals surface area contributed by atoms with Gasteiger partial charge in [-0.05, 0) is 29.7 Å². The SMILES string of the molecule is O=C(c1ccc(N2CCc3ccccc3C2)nn1)N1CCOCC1. The fourth-order valence-corrected chi connectivity index (χ4v) is 3.23. The Kier molecular flexibility index (Phi) is 4.13. The third-order valence-corrected chi connectivity index (χ3v) is 4.62. The van der Waals surface area contributed by atoms with Crippen LogP contribution in [0.25, 0.3) is 0 Å². The van der Waals surface area contributed by atoms with Gasteiger partial charge < -0.3 is 14.5 Å². The quantitative estimate of drug-likeness (QED) is 0.838. The number of morpholine rings is 1. The Morgan fingerprint density at radius 2 is 1.75 bits per heavy atom. The van der Waals surface area contributed by atoms with Crippen molar-refractivity contribution < 1.29 is 9.53 Å². The fourth-order valence-electron chi connectivity index (χ4n) is 3.23. The highest BCUT2D eigenvalue weighted by Gasteiger charge is 2.21. The zero-order valence-corrected chi connectivity index (χ0v) is 13.5. The van der Waals surface area contributed by atoms with Gasteiger partial charge >= 0.3 is 0 Å². The molecular weight excluding hydrogens is 304 g/mol. The van der Waals surface area contributed by atoms with Crippen molar-refractivity contribution in [2.75, 3.05) is 37.7 Å². The molecule has 1 amide bonds. The van der Waals surface area contributed by atoms with Crippen LogP contribution in [0.15, 0.2) is 36.4 Å². The highest BCUT2D eigenvalue weighted by molar-refractivity contribution is 5.92. The molecule has 1 saturated heterocycles. The van der Waals surface area contributed by atoms with E-state index in [2.05, 4.69) is 39.4 Å². The minimum absolute atomic E-state index is 0.0682. The van der Waals surface area contributed by atoms with Crippen LogP contribution >= 0.6 is 0 Å². The average Bonchev–Trinajstić information content (AvgIpc) is 2.68. The summed E-state index contributed by atoms with van der Waals surface area (Å²) < 4.78 is 5.28. The van der Waals surface area contributed by atoms with Gasteiger partial charge in [0, 0.05) is 26.2 Å². The maximum absolute atomic E-state index is 12.4. The zero-order chi connectivity index (χ0) is 16.4. The van der Waals surface area contributed by atoms with Crippen LogP contribution in [0.1, 0.15) is 21.6 Å². The second-order valence-corrected chi connectivity index (χ2v) is 6.12. The number of aromatic nitrogens is 2. The molecule has 1 aromatic carbocycles. The first kappa shape index (κ1) is 15.1. The third-order valence-electron chi connectivity index (χ3n) is 4.62. The van der Waals surface area contributed by atoms with Gasteiger partial charge in [-0.2, -0.15) is 0 Å². The molecule has 2 aliphatic rings. The molecule has 0 unspecified atom stereocenters. The number of nitrogens with zero attached hydrogens (tertiary/aromatic N) is 4. The van der Waals surface area contributed by atoms with Crippen molar-refractivity contribution >= 4 is 11.7 Å². The molecule has 1 fully saturated rings. The first-order valence-corrected chi connectivity index (χ1v) is 8.34. The summed E-state index contributed by atoms with van der Waals surface area (Å²) >= 11 is 0. The minimum atomic E-state index is -0.0682. The number of benzene rings is 1. The number of hydrogen-bond acceptors (Lipinski definition) is 5. The number of ether oxygens (including phenoxy) is 1. The number of rotatable bonds is 2. The molecular formula is C18H20N4O2. The van der Waals surface area contributed by atoms with Crippen molar-refractivity contribution in [3.05, 3.63) is 53.2 Å². The zero-order valence-electron chi connectivity index (χ0n) is 13.5. The van der Waals surface area contributed by atoms with Crippen molar-refractivity contribution in [1.29, 1.82) is 0 Å². The van der Waals surface area contributed by atoms with Crippen LogP contribution in [0.4, 0.5) is 5.82 Å². The molecule has 2 aromatic rings. The number of carbonyl (C=O) groups excluding carboxylic acids is 1. The number of fused-ring (bicyclic) bond motifs is 1. The van der Waals surface area contributed by atoms with Gasteiger partial charge in [-0.25, -0.2) is 0 Å². The Labute approximate surface area is 141 Å². The van der Waals surface area contributed by atoms with Gasteiger partial charge in [-0.3, -0.25) is 4.79 Å². The molecule has 24 heavy (non-hydrogen) atoms. The Morgan fingerprint density at radius 1 is 0.958 bits per heavy atom. The lowest BCUT2D eigenvalue weighted by molar-refractivity contribution is 0.0298. The van der Waals surface area contributed by atoms with E-state index in [1.165, 1.54) is 11.1 Å². The summed E-state index contributed by atoms with van der Waals surface area (Å²) in [6, 6.07) is 12.2. The lowest BCUT2D eigenvalue weighted by atomic mass is 10.00. The van der Waals surface area contributed by atoms with Gasteiger partial charge in [-0.1, -0.05) is 24.3 Å². The van der Waals surface area contributed by atoms with Gasteiger partial charge in [0.05, 0.1) is 13.2 Å². The number of amides is 1. The second-order valence-electron chi connectivity index (χ2n) is 6.12. The Balaban J connectivity index is 1.47. The van der Waals surface area contributed by atoms with E-state index in [0.717, 1.165) is 25.3 Å². The highest BCUT2D eigenvalue weighted by atomic mass is 16.5. The molecule has 6 heteroatoms. The molecule has 0 saturated carbocycles. The standard InChI is InChI=1S/C18H20N4O2/c23-18(21-9-11-24-12-10-21)16-5-6-17(20-19-16)22-8-7-14-3-1-2-4-15(14)13-22/h1-6H,7-13H2. The lowest BCUT2D eigenvalue weighted by Gasteiger charge is -2.29. The summed E-state index contributed by atoms with van der Waals surface area (Å²) in [6.45, 7) is 4.16. The van der Waals surface area contributed by atoms with E-state index in [1.807, 2.05) is 6.07 Å². The van der Waals surface area contributed by atoms with E-state index in [4.69, 9.17) is 4.74 Å². The molecule has 1 aromatic heterocycles. The van der Waals surface area contributed by atoms with E-state index in [0.29, 0.717) is 32.0 Å². The van der Waals surface area contributed by atoms with Gasteiger partial charge in [0.1, 0.15) is 0 Å². The predicted molar refractivity (Wildman–Crippen MR) is 90.0 cm³/mol. The first-order chi connectivity index (χ1) is 11.8. The van der Waals surface area contributed by atoms with Crippen molar-refractivity contribution in [3.63, 3.8) is 0 Å².